The van der Waals surface area contributed by atoms with Gasteiger partial charge in [0.05, 0.1) is 12.2 Å². The fourth-order valence-electron chi connectivity index (χ4n) is 1.78. The average Bonchev–Trinajstić information content (AvgIpc) is 2.37. The molecular weight excluding hydrogens is 320 g/mol. The largest absolute Gasteiger partial charge is 0.334 e. The molecule has 0 bridgehead atoms. The zero-order chi connectivity index (χ0) is 15.1. The first-order valence-electron chi connectivity index (χ1n) is 6.75. The number of carbonyl (C=O) groups excluding carboxylic acids is 2. The third-order valence-corrected chi connectivity index (χ3v) is 3.62. The van der Waals surface area contributed by atoms with Crippen LogP contribution in [0, 0.1) is 6.92 Å². The average molecular weight is 341 g/mol. The van der Waals surface area contributed by atoms with Crippen molar-refractivity contribution in [3.05, 3.63) is 28.2 Å². The molecule has 0 saturated heterocycles. The van der Waals surface area contributed by atoms with Crippen molar-refractivity contribution in [3.8, 4) is 0 Å². The molecule has 0 aliphatic rings. The molecule has 110 valence electrons. The summed E-state index contributed by atoms with van der Waals surface area (Å²) in [7, 11) is 0. The maximum Gasteiger partial charge on any atom is 0.244 e. The number of aryl methyl sites for hydroxylation is 1. The molecule has 0 fully saturated rings. The van der Waals surface area contributed by atoms with Gasteiger partial charge in [-0.15, -0.1) is 0 Å². The van der Waals surface area contributed by atoms with Crippen molar-refractivity contribution in [3.63, 3.8) is 0 Å². The van der Waals surface area contributed by atoms with E-state index in [0.717, 1.165) is 28.6 Å². The van der Waals surface area contributed by atoms with E-state index in [1.165, 1.54) is 6.92 Å². The van der Waals surface area contributed by atoms with E-state index in [0.29, 0.717) is 6.54 Å². The molecule has 0 saturated carbocycles. The molecule has 1 aromatic rings. The maximum atomic E-state index is 12.0. The molecule has 0 unspecified atom stereocenters. The molecule has 0 aliphatic heterocycles. The normalized spacial score (nSPS) is 10.2. The number of halogens is 1. The summed E-state index contributed by atoms with van der Waals surface area (Å²) in [5, 5.41) is 2.82. The Hall–Kier alpha value is -1.36. The first kappa shape index (κ1) is 16.7. The van der Waals surface area contributed by atoms with Crippen molar-refractivity contribution >= 4 is 33.4 Å². The van der Waals surface area contributed by atoms with Crippen LogP contribution in [0.25, 0.3) is 0 Å². The van der Waals surface area contributed by atoms with Crippen molar-refractivity contribution in [1.82, 2.24) is 4.90 Å². The number of hydrogen-bond donors (Lipinski definition) is 1. The molecule has 1 rings (SSSR count). The topological polar surface area (TPSA) is 49.4 Å². The van der Waals surface area contributed by atoms with Crippen LogP contribution in [0.2, 0.25) is 0 Å². The summed E-state index contributed by atoms with van der Waals surface area (Å²) in [5.41, 5.74) is 1.84. The van der Waals surface area contributed by atoms with Gasteiger partial charge in [0.2, 0.25) is 11.8 Å². The van der Waals surface area contributed by atoms with Crippen molar-refractivity contribution in [2.24, 2.45) is 0 Å². The minimum Gasteiger partial charge on any atom is -0.334 e. The zero-order valence-corrected chi connectivity index (χ0v) is 13.8. The van der Waals surface area contributed by atoms with E-state index in [4.69, 9.17) is 0 Å². The van der Waals surface area contributed by atoms with Crippen LogP contribution >= 0.6 is 15.9 Å². The second-order valence-electron chi connectivity index (χ2n) is 4.83. The highest BCUT2D eigenvalue weighted by Crippen LogP contribution is 2.23. The van der Waals surface area contributed by atoms with Gasteiger partial charge in [-0.1, -0.05) is 19.4 Å². The molecule has 4 nitrogen and oxygen atoms in total. The van der Waals surface area contributed by atoms with Crippen molar-refractivity contribution in [2.45, 2.75) is 33.6 Å². The van der Waals surface area contributed by atoms with Gasteiger partial charge < -0.3 is 10.2 Å². The van der Waals surface area contributed by atoms with E-state index in [9.17, 15) is 9.59 Å². The summed E-state index contributed by atoms with van der Waals surface area (Å²) in [4.78, 5) is 25.1. The van der Waals surface area contributed by atoms with Gasteiger partial charge in [0, 0.05) is 17.9 Å². The zero-order valence-electron chi connectivity index (χ0n) is 12.2. The van der Waals surface area contributed by atoms with Crippen LogP contribution in [0.4, 0.5) is 5.69 Å². The molecule has 0 aliphatic carbocycles. The second kappa shape index (κ2) is 8.04. The van der Waals surface area contributed by atoms with E-state index < -0.39 is 0 Å². The van der Waals surface area contributed by atoms with Crippen LogP contribution in [-0.4, -0.2) is 29.8 Å². The Morgan fingerprint density at radius 1 is 1.35 bits per heavy atom. The van der Waals surface area contributed by atoms with Gasteiger partial charge in [-0.25, -0.2) is 0 Å². The maximum absolute atomic E-state index is 12.0. The molecule has 0 atom stereocenters. The number of benzene rings is 1. The summed E-state index contributed by atoms with van der Waals surface area (Å²) in [5.74, 6) is -0.252. The number of unbranched alkanes of at least 4 members (excludes halogenated alkanes) is 1. The highest BCUT2D eigenvalue weighted by atomic mass is 79.9. The third-order valence-electron chi connectivity index (χ3n) is 2.96. The third kappa shape index (κ3) is 5.33. The minimum absolute atomic E-state index is 0.0726. The van der Waals surface area contributed by atoms with Crippen LogP contribution in [0.15, 0.2) is 22.7 Å². The van der Waals surface area contributed by atoms with E-state index in [1.807, 2.05) is 25.1 Å². The summed E-state index contributed by atoms with van der Waals surface area (Å²) >= 11 is 3.42. The number of hydrogen-bond acceptors (Lipinski definition) is 2. The van der Waals surface area contributed by atoms with Gasteiger partial charge in [-0.2, -0.15) is 0 Å². The predicted molar refractivity (Wildman–Crippen MR) is 84.7 cm³/mol. The fraction of sp³-hybridized carbons (Fsp3) is 0.467. The second-order valence-corrected chi connectivity index (χ2v) is 5.68. The number of nitrogens with zero attached hydrogens (tertiary/aromatic N) is 1. The molecule has 2 amide bonds. The number of amides is 2. The Morgan fingerprint density at radius 2 is 2.05 bits per heavy atom. The summed E-state index contributed by atoms with van der Waals surface area (Å²) < 4.78 is 0.841. The Bertz CT molecular complexity index is 489. The molecule has 5 heteroatoms. The molecular formula is C15H21BrN2O2. The van der Waals surface area contributed by atoms with Gasteiger partial charge in [0.25, 0.3) is 0 Å². The molecule has 1 aromatic carbocycles. The Balaban J connectivity index is 2.63. The molecule has 0 spiro atoms. The van der Waals surface area contributed by atoms with Crippen molar-refractivity contribution in [2.75, 3.05) is 18.4 Å². The lowest BCUT2D eigenvalue weighted by Crippen LogP contribution is -2.37. The van der Waals surface area contributed by atoms with Gasteiger partial charge in [0.15, 0.2) is 0 Å². The molecule has 0 aromatic heterocycles. The summed E-state index contributed by atoms with van der Waals surface area (Å²) in [6.07, 6.45) is 1.90. The highest BCUT2D eigenvalue weighted by molar-refractivity contribution is 9.10. The smallest absolute Gasteiger partial charge is 0.244 e. The fourth-order valence-corrected chi connectivity index (χ4v) is 2.37. The first-order chi connectivity index (χ1) is 9.43. The number of carbonyl (C=O) groups is 2. The molecule has 20 heavy (non-hydrogen) atoms. The van der Waals surface area contributed by atoms with Gasteiger partial charge >= 0.3 is 0 Å². The molecule has 0 radical (unpaired) electrons. The standard InChI is InChI=1S/C15H21BrN2O2/c1-4-5-8-18(12(3)19)10-15(20)17-14-7-6-11(2)9-13(14)16/h6-7,9H,4-5,8,10H2,1-3H3,(H,17,20). The quantitative estimate of drug-likeness (QED) is 0.863. The number of anilines is 1. The predicted octanol–water partition coefficient (Wildman–Crippen LogP) is 3.34. The van der Waals surface area contributed by atoms with Crippen LogP contribution < -0.4 is 5.32 Å². The lowest BCUT2D eigenvalue weighted by molar-refractivity contribution is -0.132. The lowest BCUT2D eigenvalue weighted by atomic mass is 10.2. The highest BCUT2D eigenvalue weighted by Gasteiger charge is 2.13. The molecule has 1 N–H and O–H groups in total. The Kier molecular flexibility index (Phi) is 6.71. The summed E-state index contributed by atoms with van der Waals surface area (Å²) in [6, 6.07) is 5.72. The van der Waals surface area contributed by atoms with Crippen LogP contribution in [0.3, 0.4) is 0 Å². The van der Waals surface area contributed by atoms with E-state index >= 15 is 0 Å². The number of rotatable bonds is 6. The Morgan fingerprint density at radius 3 is 2.60 bits per heavy atom. The molecule has 0 heterocycles. The number of nitrogens with one attached hydrogen (secondary N) is 1. The summed E-state index contributed by atoms with van der Waals surface area (Å²) in [6.45, 7) is 6.25. The van der Waals surface area contributed by atoms with Crippen LogP contribution in [0.1, 0.15) is 32.3 Å². The van der Waals surface area contributed by atoms with Crippen LogP contribution in [0.5, 0.6) is 0 Å². The lowest BCUT2D eigenvalue weighted by Gasteiger charge is -2.20. The van der Waals surface area contributed by atoms with Gasteiger partial charge in [-0.05, 0) is 47.0 Å². The van der Waals surface area contributed by atoms with Crippen molar-refractivity contribution in [1.29, 1.82) is 0 Å². The minimum atomic E-state index is -0.180. The Labute approximate surface area is 128 Å². The van der Waals surface area contributed by atoms with Gasteiger partial charge in [0.1, 0.15) is 0 Å². The van der Waals surface area contributed by atoms with E-state index in [1.54, 1.807) is 4.90 Å². The van der Waals surface area contributed by atoms with Crippen molar-refractivity contribution < 1.29 is 9.59 Å². The van der Waals surface area contributed by atoms with Crippen LogP contribution in [-0.2, 0) is 9.59 Å². The van der Waals surface area contributed by atoms with E-state index in [-0.39, 0.29) is 18.4 Å². The van der Waals surface area contributed by atoms with Gasteiger partial charge in [-0.3, -0.25) is 9.59 Å². The monoisotopic (exact) mass is 340 g/mol. The SMILES string of the molecule is CCCCN(CC(=O)Nc1ccc(C)cc1Br)C(C)=O. The first-order valence-corrected chi connectivity index (χ1v) is 7.54. The van der Waals surface area contributed by atoms with E-state index in [2.05, 4.69) is 28.2 Å².